The predicted octanol–water partition coefficient (Wildman–Crippen LogP) is 1.42. The summed E-state index contributed by atoms with van der Waals surface area (Å²) < 4.78 is 17.7. The maximum absolute atomic E-state index is 12.8. The Bertz CT molecular complexity index is 541. The molecule has 1 aliphatic carbocycles. The van der Waals surface area contributed by atoms with Crippen LogP contribution in [0, 0.1) is 11.2 Å². The number of carbonyl (C=O) groups excluding carboxylic acids is 2. The molecule has 0 aromatic heterocycles. The average molecular weight is 322 g/mol. The molecule has 23 heavy (non-hydrogen) atoms. The van der Waals surface area contributed by atoms with Crippen LogP contribution in [0.25, 0.3) is 0 Å². The Morgan fingerprint density at radius 1 is 1.13 bits per heavy atom. The van der Waals surface area contributed by atoms with Crippen LogP contribution in [0.2, 0.25) is 0 Å². The molecule has 5 nitrogen and oxygen atoms in total. The maximum atomic E-state index is 12.8. The topological polar surface area (TPSA) is 67.4 Å². The first-order valence-electron chi connectivity index (χ1n) is 7.88. The standard InChI is InChI=1S/C17H23FN2O3/c1-23-12-2-10-19-15(21)17(8-9-17)16(22)20-11-7-13-3-5-14(18)6-4-13/h3-6H,2,7-12H2,1H3,(H,19,21)(H,20,22). The minimum Gasteiger partial charge on any atom is -0.385 e. The van der Waals surface area contributed by atoms with Gasteiger partial charge in [-0.2, -0.15) is 0 Å². The molecular formula is C17H23FN2O3. The Hall–Kier alpha value is -1.95. The molecule has 1 fully saturated rings. The van der Waals surface area contributed by atoms with Crippen LogP contribution in [-0.4, -0.2) is 38.6 Å². The van der Waals surface area contributed by atoms with Crippen LogP contribution in [0.1, 0.15) is 24.8 Å². The Labute approximate surface area is 135 Å². The van der Waals surface area contributed by atoms with Gasteiger partial charge in [0.15, 0.2) is 0 Å². The lowest BCUT2D eigenvalue weighted by Gasteiger charge is -2.15. The van der Waals surface area contributed by atoms with Crippen molar-refractivity contribution in [3.8, 4) is 0 Å². The van der Waals surface area contributed by atoms with E-state index in [1.165, 1.54) is 12.1 Å². The summed E-state index contributed by atoms with van der Waals surface area (Å²) in [6.45, 7) is 1.53. The van der Waals surface area contributed by atoms with Gasteiger partial charge >= 0.3 is 0 Å². The molecule has 1 aromatic rings. The first-order valence-corrected chi connectivity index (χ1v) is 7.88. The average Bonchev–Trinajstić information content (AvgIpc) is 3.35. The molecule has 1 aliphatic rings. The fraction of sp³-hybridized carbons (Fsp3) is 0.529. The highest BCUT2D eigenvalue weighted by Gasteiger charge is 2.56. The lowest BCUT2D eigenvalue weighted by Crippen LogP contribution is -2.44. The van der Waals surface area contributed by atoms with E-state index in [-0.39, 0.29) is 17.6 Å². The summed E-state index contributed by atoms with van der Waals surface area (Å²) in [5, 5.41) is 5.61. The third kappa shape index (κ3) is 4.76. The van der Waals surface area contributed by atoms with Crippen LogP contribution in [0.4, 0.5) is 4.39 Å². The molecule has 126 valence electrons. The summed E-state index contributed by atoms with van der Waals surface area (Å²) in [5.41, 5.74) is 0.0520. The highest BCUT2D eigenvalue weighted by atomic mass is 19.1. The van der Waals surface area contributed by atoms with Crippen LogP contribution in [0.3, 0.4) is 0 Å². The van der Waals surface area contributed by atoms with Gasteiger partial charge in [0, 0.05) is 26.8 Å². The summed E-state index contributed by atoms with van der Waals surface area (Å²) in [6, 6.07) is 6.17. The number of nitrogens with one attached hydrogen (secondary N) is 2. The first kappa shape index (κ1) is 17.4. The largest absolute Gasteiger partial charge is 0.385 e. The highest BCUT2D eigenvalue weighted by molar-refractivity contribution is 6.07. The van der Waals surface area contributed by atoms with Crippen LogP contribution in [0.5, 0.6) is 0 Å². The molecule has 2 N–H and O–H groups in total. The minimum absolute atomic E-state index is 0.201. The molecule has 0 unspecified atom stereocenters. The number of methoxy groups -OCH3 is 1. The third-order valence-electron chi connectivity index (χ3n) is 4.04. The van der Waals surface area contributed by atoms with Crippen LogP contribution < -0.4 is 10.6 Å². The van der Waals surface area contributed by atoms with Gasteiger partial charge in [0.2, 0.25) is 11.8 Å². The van der Waals surface area contributed by atoms with E-state index < -0.39 is 5.41 Å². The van der Waals surface area contributed by atoms with Crippen LogP contribution >= 0.6 is 0 Å². The number of amides is 2. The van der Waals surface area contributed by atoms with E-state index in [1.54, 1.807) is 19.2 Å². The Kier molecular flexibility index (Phi) is 6.10. The summed E-state index contributed by atoms with van der Waals surface area (Å²) in [4.78, 5) is 24.4. The summed E-state index contributed by atoms with van der Waals surface area (Å²) in [7, 11) is 1.61. The van der Waals surface area contributed by atoms with Gasteiger partial charge in [-0.3, -0.25) is 9.59 Å². The fourth-order valence-corrected chi connectivity index (χ4v) is 2.41. The van der Waals surface area contributed by atoms with Gasteiger partial charge < -0.3 is 15.4 Å². The van der Waals surface area contributed by atoms with Gasteiger partial charge in [-0.15, -0.1) is 0 Å². The van der Waals surface area contributed by atoms with Crippen molar-refractivity contribution in [3.63, 3.8) is 0 Å². The quantitative estimate of drug-likeness (QED) is 0.534. The molecule has 1 aromatic carbocycles. The van der Waals surface area contributed by atoms with E-state index in [0.29, 0.717) is 39.0 Å². The number of rotatable bonds is 9. The molecule has 0 heterocycles. The number of halogens is 1. The van der Waals surface area contributed by atoms with E-state index in [2.05, 4.69) is 10.6 Å². The third-order valence-corrected chi connectivity index (χ3v) is 4.04. The second-order valence-electron chi connectivity index (χ2n) is 5.82. The van der Waals surface area contributed by atoms with E-state index in [9.17, 15) is 14.0 Å². The number of ether oxygens (including phenoxy) is 1. The lowest BCUT2D eigenvalue weighted by molar-refractivity contribution is -0.137. The summed E-state index contributed by atoms with van der Waals surface area (Å²) in [5.74, 6) is -0.698. The Morgan fingerprint density at radius 3 is 2.30 bits per heavy atom. The molecule has 1 saturated carbocycles. The van der Waals surface area contributed by atoms with E-state index >= 15 is 0 Å². The van der Waals surface area contributed by atoms with Crippen molar-refractivity contribution in [1.82, 2.24) is 10.6 Å². The highest BCUT2D eigenvalue weighted by Crippen LogP contribution is 2.46. The molecule has 0 saturated heterocycles. The van der Waals surface area contributed by atoms with Crippen molar-refractivity contribution < 1.29 is 18.7 Å². The lowest BCUT2D eigenvalue weighted by atomic mass is 10.0. The zero-order chi connectivity index (χ0) is 16.7. The normalized spacial score (nSPS) is 15.0. The number of benzene rings is 1. The SMILES string of the molecule is COCCCNC(=O)C1(C(=O)NCCc2ccc(F)cc2)CC1. The van der Waals surface area contributed by atoms with Gasteiger partial charge in [-0.1, -0.05) is 12.1 Å². The molecule has 6 heteroatoms. The summed E-state index contributed by atoms with van der Waals surface area (Å²) >= 11 is 0. The molecule has 0 radical (unpaired) electrons. The predicted molar refractivity (Wildman–Crippen MR) is 84.3 cm³/mol. The molecule has 0 atom stereocenters. The van der Waals surface area contributed by atoms with Crippen LogP contribution in [0.15, 0.2) is 24.3 Å². The molecular weight excluding hydrogens is 299 g/mol. The van der Waals surface area contributed by atoms with E-state index in [1.807, 2.05) is 0 Å². The van der Waals surface area contributed by atoms with Gasteiger partial charge in [0.05, 0.1) is 0 Å². The van der Waals surface area contributed by atoms with Gasteiger partial charge in [-0.05, 0) is 43.4 Å². The second kappa shape index (κ2) is 8.06. The van der Waals surface area contributed by atoms with E-state index in [0.717, 1.165) is 12.0 Å². The summed E-state index contributed by atoms with van der Waals surface area (Å²) in [6.07, 6.45) is 2.51. The first-order chi connectivity index (χ1) is 11.1. The van der Waals surface area contributed by atoms with Gasteiger partial charge in [0.1, 0.15) is 11.2 Å². The Morgan fingerprint density at radius 2 is 1.74 bits per heavy atom. The van der Waals surface area contributed by atoms with Crippen molar-refractivity contribution >= 4 is 11.8 Å². The van der Waals surface area contributed by atoms with Crippen LogP contribution in [-0.2, 0) is 20.7 Å². The zero-order valence-electron chi connectivity index (χ0n) is 13.4. The van der Waals surface area contributed by atoms with Gasteiger partial charge in [-0.25, -0.2) is 4.39 Å². The molecule has 0 bridgehead atoms. The Balaban J connectivity index is 1.73. The number of hydrogen-bond donors (Lipinski definition) is 2. The van der Waals surface area contributed by atoms with E-state index in [4.69, 9.17) is 4.74 Å². The zero-order valence-corrected chi connectivity index (χ0v) is 13.4. The minimum atomic E-state index is -0.893. The number of hydrogen-bond acceptors (Lipinski definition) is 3. The van der Waals surface area contributed by atoms with Gasteiger partial charge in [0.25, 0.3) is 0 Å². The van der Waals surface area contributed by atoms with Crippen molar-refractivity contribution in [2.75, 3.05) is 26.8 Å². The number of carbonyl (C=O) groups is 2. The van der Waals surface area contributed by atoms with Crippen molar-refractivity contribution in [2.24, 2.45) is 5.41 Å². The van der Waals surface area contributed by atoms with Crippen molar-refractivity contribution in [2.45, 2.75) is 25.7 Å². The fourth-order valence-electron chi connectivity index (χ4n) is 2.41. The molecule has 0 spiro atoms. The monoisotopic (exact) mass is 322 g/mol. The smallest absolute Gasteiger partial charge is 0.235 e. The van der Waals surface area contributed by atoms with Crippen molar-refractivity contribution in [3.05, 3.63) is 35.6 Å². The maximum Gasteiger partial charge on any atom is 0.235 e. The van der Waals surface area contributed by atoms with Crippen molar-refractivity contribution in [1.29, 1.82) is 0 Å². The molecule has 0 aliphatic heterocycles. The molecule has 2 rings (SSSR count). The molecule has 2 amide bonds. The second-order valence-corrected chi connectivity index (χ2v) is 5.82.